The summed E-state index contributed by atoms with van der Waals surface area (Å²) in [5.74, 6) is 0.0146. The summed E-state index contributed by atoms with van der Waals surface area (Å²) >= 11 is 4.89. The normalized spacial score (nSPS) is 10.8. The molecule has 146 valence electrons. The molecule has 3 rings (SSSR count). The Morgan fingerprint density at radius 1 is 1.07 bits per heavy atom. The van der Waals surface area contributed by atoms with Crippen molar-refractivity contribution in [1.82, 2.24) is 10.3 Å². The maximum atomic E-state index is 12.1. The molecule has 0 fully saturated rings. The van der Waals surface area contributed by atoms with Crippen LogP contribution < -0.4 is 10.6 Å². The number of hydrogen-bond donors (Lipinski definition) is 2. The number of nitrogens with zero attached hydrogens (tertiary/aromatic N) is 1. The molecule has 2 amide bonds. The SMILES string of the molecule is CCCC(=O)Nc1nc2ccc(CCC(=O)NCc3cccc(Br)c3)cc2s1. The summed E-state index contributed by atoms with van der Waals surface area (Å²) in [5.41, 5.74) is 3.01. The van der Waals surface area contributed by atoms with E-state index < -0.39 is 0 Å². The van der Waals surface area contributed by atoms with Crippen molar-refractivity contribution in [3.63, 3.8) is 0 Å². The summed E-state index contributed by atoms with van der Waals surface area (Å²) in [6, 6.07) is 13.9. The summed E-state index contributed by atoms with van der Waals surface area (Å²) in [4.78, 5) is 28.3. The van der Waals surface area contributed by atoms with Crippen molar-refractivity contribution in [2.24, 2.45) is 0 Å². The van der Waals surface area contributed by atoms with Crippen molar-refractivity contribution in [1.29, 1.82) is 0 Å². The molecule has 0 radical (unpaired) electrons. The fourth-order valence-corrected chi connectivity index (χ4v) is 4.17. The minimum atomic E-state index is -0.0103. The minimum Gasteiger partial charge on any atom is -0.352 e. The van der Waals surface area contributed by atoms with Gasteiger partial charge < -0.3 is 10.6 Å². The molecule has 1 heterocycles. The third-order valence-electron chi connectivity index (χ3n) is 4.20. The second-order valence-corrected chi connectivity index (χ2v) is 8.47. The van der Waals surface area contributed by atoms with E-state index in [9.17, 15) is 9.59 Å². The van der Waals surface area contributed by atoms with Gasteiger partial charge in [0, 0.05) is 23.9 Å². The molecule has 0 aliphatic rings. The van der Waals surface area contributed by atoms with Crippen LogP contribution in [-0.4, -0.2) is 16.8 Å². The molecule has 7 heteroatoms. The molecule has 0 saturated heterocycles. The number of aryl methyl sites for hydroxylation is 1. The van der Waals surface area contributed by atoms with E-state index >= 15 is 0 Å². The van der Waals surface area contributed by atoms with Gasteiger partial charge in [-0.15, -0.1) is 0 Å². The zero-order chi connectivity index (χ0) is 19.9. The monoisotopic (exact) mass is 459 g/mol. The van der Waals surface area contributed by atoms with Gasteiger partial charge in [0.2, 0.25) is 11.8 Å². The van der Waals surface area contributed by atoms with E-state index in [4.69, 9.17) is 0 Å². The fraction of sp³-hybridized carbons (Fsp3) is 0.286. The second-order valence-electron chi connectivity index (χ2n) is 6.53. The third-order valence-corrected chi connectivity index (χ3v) is 5.62. The van der Waals surface area contributed by atoms with Crippen LogP contribution in [0.2, 0.25) is 0 Å². The van der Waals surface area contributed by atoms with Crippen LogP contribution in [0.4, 0.5) is 5.13 Å². The van der Waals surface area contributed by atoms with Gasteiger partial charge in [0.1, 0.15) is 0 Å². The van der Waals surface area contributed by atoms with Crippen LogP contribution in [0.25, 0.3) is 10.2 Å². The predicted octanol–water partition coefficient (Wildman–Crippen LogP) is 5.05. The predicted molar refractivity (Wildman–Crippen MR) is 117 cm³/mol. The molecular formula is C21H22BrN3O2S. The lowest BCUT2D eigenvalue weighted by Crippen LogP contribution is -2.22. The van der Waals surface area contributed by atoms with Crippen molar-refractivity contribution in [2.45, 2.75) is 39.2 Å². The van der Waals surface area contributed by atoms with E-state index in [1.165, 1.54) is 11.3 Å². The number of nitrogens with one attached hydrogen (secondary N) is 2. The number of carbonyl (C=O) groups is 2. The molecular weight excluding hydrogens is 438 g/mol. The lowest BCUT2D eigenvalue weighted by Gasteiger charge is -2.06. The first-order valence-corrected chi connectivity index (χ1v) is 10.8. The zero-order valence-electron chi connectivity index (χ0n) is 15.6. The Bertz CT molecular complexity index is 987. The largest absolute Gasteiger partial charge is 0.352 e. The molecule has 5 nitrogen and oxygen atoms in total. The quantitative estimate of drug-likeness (QED) is 0.495. The summed E-state index contributed by atoms with van der Waals surface area (Å²) in [6.45, 7) is 2.49. The number of carbonyl (C=O) groups excluding carboxylic acids is 2. The van der Waals surface area contributed by atoms with Gasteiger partial charge >= 0.3 is 0 Å². The van der Waals surface area contributed by atoms with Crippen LogP contribution in [0.15, 0.2) is 46.9 Å². The molecule has 3 aromatic rings. The summed E-state index contributed by atoms with van der Waals surface area (Å²) in [7, 11) is 0. The lowest BCUT2D eigenvalue weighted by atomic mass is 10.1. The Hall–Kier alpha value is -2.25. The number of halogens is 1. The number of rotatable bonds is 8. The van der Waals surface area contributed by atoms with Gasteiger partial charge in [-0.25, -0.2) is 4.98 Å². The number of thiazole rings is 1. The number of anilines is 1. The standard InChI is InChI=1S/C21H22BrN3O2S/c1-2-4-20(27)25-21-24-17-9-7-14(12-18(17)28-21)8-10-19(26)23-13-15-5-3-6-16(22)11-15/h3,5-7,9,11-12H,2,4,8,10,13H2,1H3,(H,23,26)(H,24,25,27). The minimum absolute atomic E-state index is 0.0103. The molecule has 0 atom stereocenters. The van der Waals surface area contributed by atoms with Gasteiger partial charge in [0.25, 0.3) is 0 Å². The number of hydrogen-bond acceptors (Lipinski definition) is 4. The van der Waals surface area contributed by atoms with Crippen molar-refractivity contribution in [3.05, 3.63) is 58.1 Å². The number of aromatic nitrogens is 1. The Kier molecular flexibility index (Phi) is 7.17. The highest BCUT2D eigenvalue weighted by atomic mass is 79.9. The molecule has 0 unspecified atom stereocenters. The first kappa shape index (κ1) is 20.5. The molecule has 2 aromatic carbocycles. The Labute approximate surface area is 176 Å². The number of fused-ring (bicyclic) bond motifs is 1. The van der Waals surface area contributed by atoms with Crippen molar-refractivity contribution in [3.8, 4) is 0 Å². The molecule has 0 aliphatic heterocycles. The van der Waals surface area contributed by atoms with Gasteiger partial charge in [0.05, 0.1) is 10.2 Å². The van der Waals surface area contributed by atoms with Crippen LogP contribution in [-0.2, 0) is 22.6 Å². The zero-order valence-corrected chi connectivity index (χ0v) is 18.0. The maximum Gasteiger partial charge on any atom is 0.226 e. The van der Waals surface area contributed by atoms with Crippen LogP contribution >= 0.6 is 27.3 Å². The summed E-state index contributed by atoms with van der Waals surface area (Å²) < 4.78 is 2.02. The van der Waals surface area contributed by atoms with Crippen LogP contribution in [0.5, 0.6) is 0 Å². The Morgan fingerprint density at radius 3 is 2.71 bits per heavy atom. The highest BCUT2D eigenvalue weighted by Crippen LogP contribution is 2.27. The van der Waals surface area contributed by atoms with Crippen molar-refractivity contribution < 1.29 is 9.59 Å². The lowest BCUT2D eigenvalue weighted by molar-refractivity contribution is -0.121. The van der Waals surface area contributed by atoms with E-state index in [0.717, 1.165) is 32.2 Å². The van der Waals surface area contributed by atoms with E-state index in [0.29, 0.717) is 30.9 Å². The Balaban J connectivity index is 1.53. The van der Waals surface area contributed by atoms with Gasteiger partial charge in [-0.3, -0.25) is 9.59 Å². The van der Waals surface area contributed by atoms with Gasteiger partial charge in [0.15, 0.2) is 5.13 Å². The van der Waals surface area contributed by atoms with E-state index in [1.54, 1.807) is 0 Å². The molecule has 0 aliphatic carbocycles. The van der Waals surface area contributed by atoms with Gasteiger partial charge in [-0.2, -0.15) is 0 Å². The second kappa shape index (κ2) is 9.80. The average molecular weight is 460 g/mol. The summed E-state index contributed by atoms with van der Waals surface area (Å²) in [5, 5.41) is 6.42. The topological polar surface area (TPSA) is 71.1 Å². The van der Waals surface area contributed by atoms with Crippen molar-refractivity contribution in [2.75, 3.05) is 5.32 Å². The van der Waals surface area contributed by atoms with E-state index in [-0.39, 0.29) is 11.8 Å². The summed E-state index contributed by atoms with van der Waals surface area (Å²) in [6.07, 6.45) is 2.40. The Morgan fingerprint density at radius 2 is 1.93 bits per heavy atom. The van der Waals surface area contributed by atoms with Crippen LogP contribution in [0.1, 0.15) is 37.3 Å². The van der Waals surface area contributed by atoms with Gasteiger partial charge in [-0.05, 0) is 48.2 Å². The average Bonchev–Trinajstić information content (AvgIpc) is 3.06. The maximum absolute atomic E-state index is 12.1. The first-order valence-electron chi connectivity index (χ1n) is 9.24. The fourth-order valence-electron chi connectivity index (χ4n) is 2.78. The van der Waals surface area contributed by atoms with E-state index in [1.807, 2.05) is 49.4 Å². The molecule has 0 saturated carbocycles. The number of amides is 2. The highest BCUT2D eigenvalue weighted by molar-refractivity contribution is 9.10. The van der Waals surface area contributed by atoms with E-state index in [2.05, 4.69) is 31.5 Å². The molecule has 1 aromatic heterocycles. The number of benzene rings is 2. The van der Waals surface area contributed by atoms with Crippen LogP contribution in [0.3, 0.4) is 0 Å². The first-order chi connectivity index (χ1) is 13.5. The third kappa shape index (κ3) is 5.87. The molecule has 28 heavy (non-hydrogen) atoms. The smallest absolute Gasteiger partial charge is 0.226 e. The molecule has 0 spiro atoms. The molecule has 2 N–H and O–H groups in total. The molecule has 0 bridgehead atoms. The highest BCUT2D eigenvalue weighted by Gasteiger charge is 2.09. The van der Waals surface area contributed by atoms with Crippen LogP contribution in [0, 0.1) is 0 Å². The van der Waals surface area contributed by atoms with Gasteiger partial charge in [-0.1, -0.05) is 52.4 Å². The van der Waals surface area contributed by atoms with Crippen molar-refractivity contribution >= 4 is 54.4 Å².